The molecule has 0 aliphatic heterocycles. The van der Waals surface area contributed by atoms with Gasteiger partial charge >= 0.3 is 5.97 Å². The summed E-state index contributed by atoms with van der Waals surface area (Å²) in [6, 6.07) is 11.8. The summed E-state index contributed by atoms with van der Waals surface area (Å²) in [5, 5.41) is 2.47. The second-order valence-corrected chi connectivity index (χ2v) is 5.58. The molecule has 0 spiro atoms. The number of hydrogen-bond donors (Lipinski definition) is 1. The number of carbonyl (C=O) groups excluding carboxylic acids is 2. The van der Waals surface area contributed by atoms with Gasteiger partial charge in [0.15, 0.2) is 6.61 Å². The molecular weight excluding hydrogens is 325 g/mol. The molecular formula is C19H20FNO4. The molecule has 0 heterocycles. The van der Waals surface area contributed by atoms with Gasteiger partial charge in [-0.05, 0) is 43.7 Å². The van der Waals surface area contributed by atoms with Gasteiger partial charge in [-0.1, -0.05) is 23.8 Å². The monoisotopic (exact) mass is 345 g/mol. The van der Waals surface area contributed by atoms with Crippen molar-refractivity contribution in [1.29, 1.82) is 0 Å². The first kappa shape index (κ1) is 18.4. The summed E-state index contributed by atoms with van der Waals surface area (Å²) < 4.78 is 23.7. The third kappa shape index (κ3) is 6.25. The quantitative estimate of drug-likeness (QED) is 0.781. The Labute approximate surface area is 145 Å². The smallest absolute Gasteiger partial charge is 0.309 e. The summed E-state index contributed by atoms with van der Waals surface area (Å²) in [5.74, 6) is -0.825. The van der Waals surface area contributed by atoms with Crippen molar-refractivity contribution in [3.63, 3.8) is 0 Å². The van der Waals surface area contributed by atoms with Crippen molar-refractivity contribution in [3.8, 4) is 5.75 Å². The number of esters is 1. The maximum absolute atomic E-state index is 13.4. The fourth-order valence-electron chi connectivity index (χ4n) is 1.97. The molecule has 0 aromatic heterocycles. The van der Waals surface area contributed by atoms with Gasteiger partial charge in [0.2, 0.25) is 0 Å². The number of carbonyl (C=O) groups is 2. The van der Waals surface area contributed by atoms with E-state index >= 15 is 0 Å². The molecule has 25 heavy (non-hydrogen) atoms. The highest BCUT2D eigenvalue weighted by molar-refractivity contribution is 5.92. The Kier molecular flexibility index (Phi) is 6.51. The van der Waals surface area contributed by atoms with Gasteiger partial charge in [0.1, 0.15) is 11.6 Å². The maximum atomic E-state index is 13.4. The summed E-state index contributed by atoms with van der Waals surface area (Å²) >= 11 is 0. The zero-order valence-electron chi connectivity index (χ0n) is 14.2. The first-order valence-electron chi connectivity index (χ1n) is 7.85. The summed E-state index contributed by atoms with van der Waals surface area (Å²) in [4.78, 5) is 23.3. The topological polar surface area (TPSA) is 64.6 Å². The maximum Gasteiger partial charge on any atom is 0.309 e. The van der Waals surface area contributed by atoms with Crippen molar-refractivity contribution in [3.05, 3.63) is 59.4 Å². The number of nitrogens with one attached hydrogen (secondary N) is 1. The molecule has 2 rings (SSSR count). The first-order valence-corrected chi connectivity index (χ1v) is 7.85. The number of halogens is 1. The molecule has 6 heteroatoms. The molecule has 5 nitrogen and oxygen atoms in total. The van der Waals surface area contributed by atoms with Crippen LogP contribution in [0.4, 0.5) is 10.1 Å². The summed E-state index contributed by atoms with van der Waals surface area (Å²) in [6.45, 7) is 3.32. The van der Waals surface area contributed by atoms with Crippen molar-refractivity contribution < 1.29 is 23.5 Å². The number of aryl methyl sites for hydroxylation is 2. The molecule has 0 atom stereocenters. The van der Waals surface area contributed by atoms with Crippen LogP contribution in [0.3, 0.4) is 0 Å². The number of anilines is 1. The Morgan fingerprint density at radius 2 is 1.80 bits per heavy atom. The van der Waals surface area contributed by atoms with Gasteiger partial charge in [-0.25, -0.2) is 4.39 Å². The van der Waals surface area contributed by atoms with Crippen molar-refractivity contribution in [2.45, 2.75) is 20.3 Å². The largest absolute Gasteiger partial charge is 0.493 e. The number of rotatable bonds is 7. The van der Waals surface area contributed by atoms with Crippen molar-refractivity contribution in [2.75, 3.05) is 18.5 Å². The van der Waals surface area contributed by atoms with Crippen LogP contribution >= 0.6 is 0 Å². The van der Waals surface area contributed by atoms with Gasteiger partial charge in [-0.3, -0.25) is 9.59 Å². The Balaban J connectivity index is 1.67. The Bertz CT molecular complexity index is 744. The molecule has 132 valence electrons. The lowest BCUT2D eigenvalue weighted by Gasteiger charge is -2.08. The molecule has 0 saturated carbocycles. The van der Waals surface area contributed by atoms with Crippen LogP contribution < -0.4 is 10.1 Å². The molecule has 0 aliphatic rings. The van der Waals surface area contributed by atoms with Crippen LogP contribution in [0.1, 0.15) is 17.5 Å². The van der Waals surface area contributed by atoms with E-state index in [-0.39, 0.29) is 13.0 Å². The average Bonchev–Trinajstić information content (AvgIpc) is 2.58. The highest BCUT2D eigenvalue weighted by Gasteiger charge is 2.09. The molecule has 0 aliphatic carbocycles. The Morgan fingerprint density at radius 1 is 1.08 bits per heavy atom. The van der Waals surface area contributed by atoms with E-state index in [2.05, 4.69) is 5.32 Å². The van der Waals surface area contributed by atoms with E-state index in [4.69, 9.17) is 9.47 Å². The van der Waals surface area contributed by atoms with Gasteiger partial charge in [0, 0.05) is 5.69 Å². The van der Waals surface area contributed by atoms with Crippen LogP contribution in [-0.4, -0.2) is 25.1 Å². The van der Waals surface area contributed by atoms with Crippen LogP contribution in [0.15, 0.2) is 42.5 Å². The minimum absolute atomic E-state index is 0.0281. The molecule has 0 saturated heterocycles. The summed E-state index contributed by atoms with van der Waals surface area (Å²) in [5.41, 5.74) is 1.91. The highest BCUT2D eigenvalue weighted by Crippen LogP contribution is 2.13. The molecule has 2 aromatic rings. The fourth-order valence-corrected chi connectivity index (χ4v) is 1.97. The Hall–Kier alpha value is -2.89. The highest BCUT2D eigenvalue weighted by atomic mass is 19.1. The zero-order chi connectivity index (χ0) is 18.2. The second-order valence-electron chi connectivity index (χ2n) is 5.58. The van der Waals surface area contributed by atoms with Crippen molar-refractivity contribution >= 4 is 17.6 Å². The number of amides is 1. The van der Waals surface area contributed by atoms with Gasteiger partial charge in [-0.2, -0.15) is 0 Å². The minimum Gasteiger partial charge on any atom is -0.493 e. The van der Waals surface area contributed by atoms with Crippen LogP contribution in [0.5, 0.6) is 5.75 Å². The molecule has 2 aromatic carbocycles. The van der Waals surface area contributed by atoms with Crippen LogP contribution in [0.2, 0.25) is 0 Å². The van der Waals surface area contributed by atoms with Crippen LogP contribution in [-0.2, 0) is 14.3 Å². The summed E-state index contributed by atoms with van der Waals surface area (Å²) in [6.07, 6.45) is 0.0281. The minimum atomic E-state index is -0.544. The lowest BCUT2D eigenvalue weighted by molar-refractivity contribution is -0.147. The zero-order valence-corrected chi connectivity index (χ0v) is 14.2. The molecule has 0 unspecified atom stereocenters. The van der Waals surface area contributed by atoms with E-state index in [0.717, 1.165) is 5.56 Å². The molecule has 0 fully saturated rings. The lowest BCUT2D eigenvalue weighted by atomic mass is 10.2. The van der Waals surface area contributed by atoms with E-state index in [1.54, 1.807) is 19.1 Å². The molecule has 0 radical (unpaired) electrons. The van der Waals surface area contributed by atoms with E-state index in [9.17, 15) is 14.0 Å². The molecule has 0 bridgehead atoms. The number of benzene rings is 2. The van der Waals surface area contributed by atoms with Crippen LogP contribution in [0, 0.1) is 19.7 Å². The standard InChI is InChI=1S/C19H20FNO4/c1-13-3-7-16(8-4-13)24-10-9-19(23)25-12-18(22)21-15-6-5-14(2)17(20)11-15/h3-8,11H,9-10,12H2,1-2H3,(H,21,22). The van der Waals surface area contributed by atoms with Crippen molar-refractivity contribution in [2.24, 2.45) is 0 Å². The molecule has 1 amide bonds. The number of ether oxygens (including phenoxy) is 2. The van der Waals surface area contributed by atoms with E-state index in [1.165, 1.54) is 6.07 Å². The first-order chi connectivity index (χ1) is 11.9. The van der Waals surface area contributed by atoms with E-state index < -0.39 is 24.3 Å². The molecule has 1 N–H and O–H groups in total. The Morgan fingerprint density at radius 3 is 2.48 bits per heavy atom. The number of hydrogen-bond acceptors (Lipinski definition) is 4. The second kappa shape index (κ2) is 8.82. The average molecular weight is 345 g/mol. The van der Waals surface area contributed by atoms with E-state index in [1.807, 2.05) is 31.2 Å². The predicted molar refractivity (Wildman–Crippen MR) is 92.0 cm³/mol. The third-order valence-corrected chi connectivity index (χ3v) is 3.42. The predicted octanol–water partition coefficient (Wildman–Crippen LogP) is 3.39. The van der Waals surface area contributed by atoms with Gasteiger partial charge < -0.3 is 14.8 Å². The van der Waals surface area contributed by atoms with Gasteiger partial charge in [0.25, 0.3) is 5.91 Å². The lowest BCUT2D eigenvalue weighted by Crippen LogP contribution is -2.21. The third-order valence-electron chi connectivity index (χ3n) is 3.42. The van der Waals surface area contributed by atoms with Gasteiger partial charge in [-0.15, -0.1) is 0 Å². The van der Waals surface area contributed by atoms with E-state index in [0.29, 0.717) is 17.0 Å². The SMILES string of the molecule is Cc1ccc(OCCC(=O)OCC(=O)Nc2ccc(C)c(F)c2)cc1. The normalized spacial score (nSPS) is 10.2. The van der Waals surface area contributed by atoms with Crippen LogP contribution in [0.25, 0.3) is 0 Å². The van der Waals surface area contributed by atoms with Gasteiger partial charge in [0.05, 0.1) is 13.0 Å². The van der Waals surface area contributed by atoms with Crippen molar-refractivity contribution in [1.82, 2.24) is 0 Å². The fraction of sp³-hybridized carbons (Fsp3) is 0.263. The summed E-state index contributed by atoms with van der Waals surface area (Å²) in [7, 11) is 0.